The van der Waals surface area contributed by atoms with Crippen LogP contribution in [0.1, 0.15) is 5.56 Å². The number of hydrogen-bond donors (Lipinski definition) is 0. The van der Waals surface area contributed by atoms with Crippen LogP contribution < -0.4 is 9.64 Å². The molecule has 1 aromatic heterocycles. The molecule has 0 aliphatic heterocycles. The second kappa shape index (κ2) is 6.78. The van der Waals surface area contributed by atoms with Gasteiger partial charge in [-0.25, -0.2) is 4.98 Å². The summed E-state index contributed by atoms with van der Waals surface area (Å²) in [6, 6.07) is 12.9. The molecule has 20 heavy (non-hydrogen) atoms. The van der Waals surface area contributed by atoms with E-state index in [-0.39, 0.29) is 0 Å². The first-order valence-electron chi connectivity index (χ1n) is 6.15. The van der Waals surface area contributed by atoms with E-state index in [2.05, 4.69) is 11.1 Å². The molecule has 0 saturated carbocycles. The van der Waals surface area contributed by atoms with Gasteiger partial charge in [0.15, 0.2) is 0 Å². The van der Waals surface area contributed by atoms with Crippen LogP contribution in [0, 0.1) is 11.3 Å². The molecule has 1 aromatic carbocycles. The van der Waals surface area contributed by atoms with Crippen LogP contribution in [0.2, 0.25) is 5.02 Å². The number of nitriles is 1. The highest BCUT2D eigenvalue weighted by Gasteiger charge is 2.08. The Morgan fingerprint density at radius 2 is 2.20 bits per heavy atom. The zero-order valence-corrected chi connectivity index (χ0v) is 11.8. The molecule has 5 heteroatoms. The first kappa shape index (κ1) is 14.2. The van der Waals surface area contributed by atoms with Gasteiger partial charge in [0, 0.05) is 18.3 Å². The van der Waals surface area contributed by atoms with E-state index in [1.807, 2.05) is 24.1 Å². The number of likely N-dealkylation sites (N-methyl/N-ethyl adjacent to an activating group) is 1. The summed E-state index contributed by atoms with van der Waals surface area (Å²) in [6.45, 7) is 1.11. The van der Waals surface area contributed by atoms with Gasteiger partial charge in [-0.05, 0) is 30.3 Å². The predicted molar refractivity (Wildman–Crippen MR) is 79.2 cm³/mol. The molecular weight excluding hydrogens is 274 g/mol. The quantitative estimate of drug-likeness (QED) is 0.848. The number of aromatic nitrogens is 1. The second-order valence-electron chi connectivity index (χ2n) is 4.21. The molecule has 0 unspecified atom stereocenters. The Balaban J connectivity index is 1.93. The van der Waals surface area contributed by atoms with Crippen molar-refractivity contribution in [3.05, 3.63) is 53.2 Å². The lowest BCUT2D eigenvalue weighted by atomic mass is 10.2. The van der Waals surface area contributed by atoms with E-state index in [0.29, 0.717) is 29.6 Å². The molecule has 1 heterocycles. The Morgan fingerprint density at radius 1 is 1.35 bits per heavy atom. The average Bonchev–Trinajstić information content (AvgIpc) is 2.47. The van der Waals surface area contributed by atoms with E-state index in [1.165, 1.54) is 0 Å². The first-order chi connectivity index (χ1) is 9.70. The number of nitrogens with zero attached hydrogens (tertiary/aromatic N) is 3. The molecule has 0 saturated heterocycles. The molecular formula is C15H14ClN3O. The number of hydrogen-bond acceptors (Lipinski definition) is 4. The fraction of sp³-hybridized carbons (Fsp3) is 0.200. The van der Waals surface area contributed by atoms with Crippen molar-refractivity contribution >= 4 is 17.4 Å². The molecule has 0 atom stereocenters. The summed E-state index contributed by atoms with van der Waals surface area (Å²) in [6.07, 6.45) is 1.67. The number of benzene rings is 1. The summed E-state index contributed by atoms with van der Waals surface area (Å²) in [4.78, 5) is 6.11. The standard InChI is InChI=1S/C15H14ClN3O/c1-19(15-12(11-17)4-3-7-18-15)8-9-20-14-6-2-5-13(16)10-14/h2-7,10H,8-9H2,1H3. The van der Waals surface area contributed by atoms with Gasteiger partial charge in [-0.2, -0.15) is 5.26 Å². The zero-order chi connectivity index (χ0) is 14.4. The Morgan fingerprint density at radius 3 is 2.95 bits per heavy atom. The van der Waals surface area contributed by atoms with E-state index >= 15 is 0 Å². The second-order valence-corrected chi connectivity index (χ2v) is 4.65. The Labute approximate surface area is 123 Å². The monoisotopic (exact) mass is 287 g/mol. The zero-order valence-electron chi connectivity index (χ0n) is 11.1. The third kappa shape index (κ3) is 3.62. The van der Waals surface area contributed by atoms with Gasteiger partial charge in [0.2, 0.25) is 0 Å². The highest BCUT2D eigenvalue weighted by atomic mass is 35.5. The Bertz CT molecular complexity index is 625. The highest BCUT2D eigenvalue weighted by Crippen LogP contribution is 2.18. The van der Waals surface area contributed by atoms with Gasteiger partial charge in [0.25, 0.3) is 0 Å². The number of halogens is 1. The third-order valence-corrected chi connectivity index (χ3v) is 3.00. The molecule has 0 amide bonds. The third-order valence-electron chi connectivity index (χ3n) is 2.76. The maximum absolute atomic E-state index is 9.04. The molecule has 0 fully saturated rings. The minimum atomic E-state index is 0.484. The molecule has 2 aromatic rings. The summed E-state index contributed by atoms with van der Waals surface area (Å²) in [5.74, 6) is 1.39. The van der Waals surface area contributed by atoms with Crippen LogP contribution in [0.15, 0.2) is 42.6 Å². The van der Waals surface area contributed by atoms with E-state index in [0.717, 1.165) is 5.75 Å². The van der Waals surface area contributed by atoms with Gasteiger partial charge in [-0.15, -0.1) is 0 Å². The van der Waals surface area contributed by atoms with Crippen molar-refractivity contribution < 1.29 is 4.74 Å². The summed E-state index contributed by atoms with van der Waals surface area (Å²) >= 11 is 5.89. The summed E-state index contributed by atoms with van der Waals surface area (Å²) < 4.78 is 5.62. The first-order valence-corrected chi connectivity index (χ1v) is 6.53. The molecule has 0 aliphatic carbocycles. The lowest BCUT2D eigenvalue weighted by Gasteiger charge is -2.19. The summed E-state index contributed by atoms with van der Waals surface area (Å²) in [7, 11) is 1.88. The van der Waals surface area contributed by atoms with Crippen LogP contribution in [-0.2, 0) is 0 Å². The average molecular weight is 288 g/mol. The van der Waals surface area contributed by atoms with Crippen LogP contribution in [0.4, 0.5) is 5.82 Å². The van der Waals surface area contributed by atoms with Crippen LogP contribution in [0.5, 0.6) is 5.75 Å². The highest BCUT2D eigenvalue weighted by molar-refractivity contribution is 6.30. The lowest BCUT2D eigenvalue weighted by molar-refractivity contribution is 0.325. The summed E-state index contributed by atoms with van der Waals surface area (Å²) in [5, 5.41) is 9.68. The van der Waals surface area contributed by atoms with Gasteiger partial charge < -0.3 is 9.64 Å². The van der Waals surface area contributed by atoms with Crippen molar-refractivity contribution in [2.24, 2.45) is 0 Å². The van der Waals surface area contributed by atoms with Crippen LogP contribution >= 0.6 is 11.6 Å². The molecule has 0 spiro atoms. The van der Waals surface area contributed by atoms with E-state index in [9.17, 15) is 0 Å². The number of anilines is 1. The van der Waals surface area contributed by atoms with Crippen molar-refractivity contribution in [3.63, 3.8) is 0 Å². The molecule has 102 valence electrons. The van der Waals surface area contributed by atoms with Crippen LogP contribution in [0.3, 0.4) is 0 Å². The maximum atomic E-state index is 9.04. The maximum Gasteiger partial charge on any atom is 0.146 e. The predicted octanol–water partition coefficient (Wildman–Crippen LogP) is 3.12. The Kier molecular flexibility index (Phi) is 4.80. The normalized spacial score (nSPS) is 9.85. The molecule has 4 nitrogen and oxygen atoms in total. The number of rotatable bonds is 5. The van der Waals surface area contributed by atoms with Crippen molar-refractivity contribution in [1.29, 1.82) is 5.26 Å². The van der Waals surface area contributed by atoms with E-state index in [4.69, 9.17) is 21.6 Å². The van der Waals surface area contributed by atoms with E-state index < -0.39 is 0 Å². The smallest absolute Gasteiger partial charge is 0.146 e. The van der Waals surface area contributed by atoms with Gasteiger partial charge in [0.05, 0.1) is 12.1 Å². The van der Waals surface area contributed by atoms with Crippen molar-refractivity contribution in [2.75, 3.05) is 25.1 Å². The lowest BCUT2D eigenvalue weighted by Crippen LogP contribution is -2.25. The largest absolute Gasteiger partial charge is 0.492 e. The summed E-state index contributed by atoms with van der Waals surface area (Å²) in [5.41, 5.74) is 0.553. The van der Waals surface area contributed by atoms with Gasteiger partial charge >= 0.3 is 0 Å². The topological polar surface area (TPSA) is 49.1 Å². The van der Waals surface area contributed by atoms with Crippen LogP contribution in [-0.4, -0.2) is 25.2 Å². The fourth-order valence-electron chi connectivity index (χ4n) is 1.75. The molecule has 0 N–H and O–H groups in total. The SMILES string of the molecule is CN(CCOc1cccc(Cl)c1)c1ncccc1C#N. The van der Waals surface area contributed by atoms with Gasteiger partial charge in [0.1, 0.15) is 24.2 Å². The number of ether oxygens (including phenoxy) is 1. The Hall–Kier alpha value is -2.25. The van der Waals surface area contributed by atoms with Gasteiger partial charge in [-0.1, -0.05) is 17.7 Å². The molecule has 0 bridgehead atoms. The van der Waals surface area contributed by atoms with E-state index in [1.54, 1.807) is 30.5 Å². The minimum Gasteiger partial charge on any atom is -0.492 e. The van der Waals surface area contributed by atoms with Gasteiger partial charge in [-0.3, -0.25) is 0 Å². The van der Waals surface area contributed by atoms with Crippen molar-refractivity contribution in [2.45, 2.75) is 0 Å². The molecule has 0 aliphatic rings. The fourth-order valence-corrected chi connectivity index (χ4v) is 1.93. The minimum absolute atomic E-state index is 0.484. The van der Waals surface area contributed by atoms with Crippen molar-refractivity contribution in [3.8, 4) is 11.8 Å². The van der Waals surface area contributed by atoms with Crippen LogP contribution in [0.25, 0.3) is 0 Å². The molecule has 0 radical (unpaired) electrons. The molecule has 2 rings (SSSR count). The van der Waals surface area contributed by atoms with Crippen molar-refractivity contribution in [1.82, 2.24) is 4.98 Å². The number of pyridine rings is 1.